The highest BCUT2D eigenvalue weighted by Crippen LogP contribution is 2.30. The number of hydrogen-bond acceptors (Lipinski definition) is 4. The third-order valence-corrected chi connectivity index (χ3v) is 5.95. The molecule has 0 bridgehead atoms. The Labute approximate surface area is 159 Å². The van der Waals surface area contributed by atoms with Crippen molar-refractivity contribution in [3.63, 3.8) is 0 Å². The van der Waals surface area contributed by atoms with Crippen LogP contribution in [0.3, 0.4) is 0 Å². The summed E-state index contributed by atoms with van der Waals surface area (Å²) in [5.74, 6) is -0.347. The number of hydrogen-bond donors (Lipinski definition) is 1. The van der Waals surface area contributed by atoms with Gasteiger partial charge in [-0.15, -0.1) is 11.3 Å². The summed E-state index contributed by atoms with van der Waals surface area (Å²) >= 11 is 7.64. The molecule has 0 radical (unpaired) electrons. The molecule has 1 aliphatic rings. The molecule has 0 aliphatic heterocycles. The van der Waals surface area contributed by atoms with Gasteiger partial charge < -0.3 is 5.32 Å². The molecule has 1 aromatic carbocycles. The van der Waals surface area contributed by atoms with Crippen molar-refractivity contribution in [1.29, 1.82) is 0 Å². The lowest BCUT2D eigenvalue weighted by atomic mass is 9.95. The summed E-state index contributed by atoms with van der Waals surface area (Å²) in [5, 5.41) is 5.38. The number of nitrogens with zero attached hydrogens (tertiary/aromatic N) is 2. The Kier molecular flexibility index (Phi) is 4.78. The topological polar surface area (TPSA) is 63.5 Å². The first-order valence-electron chi connectivity index (χ1n) is 8.70. The summed E-state index contributed by atoms with van der Waals surface area (Å²) in [4.78, 5) is 30.5. The standard InChI is InChI=1S/C19H18ClN3O2S/c20-15-9-5-4-8-13(15)16-11-26-19-21-10-14(18(25)23(16)19)17(24)22-12-6-2-1-3-7-12/h4-5,8-12H,1-3,6-7H2,(H,22,24). The average Bonchev–Trinajstić information content (AvgIpc) is 3.08. The first-order chi connectivity index (χ1) is 12.6. The molecule has 0 spiro atoms. The van der Waals surface area contributed by atoms with Gasteiger partial charge in [-0.3, -0.25) is 14.0 Å². The number of carbonyl (C=O) groups excluding carboxylic acids is 1. The van der Waals surface area contributed by atoms with Crippen LogP contribution in [0.2, 0.25) is 5.02 Å². The van der Waals surface area contributed by atoms with Gasteiger partial charge in [0.05, 0.1) is 5.69 Å². The van der Waals surface area contributed by atoms with Crippen LogP contribution in [0.5, 0.6) is 0 Å². The van der Waals surface area contributed by atoms with E-state index in [1.165, 1.54) is 28.4 Å². The quantitative estimate of drug-likeness (QED) is 0.734. The predicted octanol–water partition coefficient (Wildman–Crippen LogP) is 4.14. The van der Waals surface area contributed by atoms with Gasteiger partial charge in [0.2, 0.25) is 0 Å². The highest BCUT2D eigenvalue weighted by Gasteiger charge is 2.21. The second-order valence-corrected chi connectivity index (χ2v) is 7.75. The van der Waals surface area contributed by atoms with Crippen molar-refractivity contribution >= 4 is 33.8 Å². The summed E-state index contributed by atoms with van der Waals surface area (Å²) in [6.45, 7) is 0. The van der Waals surface area contributed by atoms with Crippen molar-refractivity contribution in [2.75, 3.05) is 0 Å². The van der Waals surface area contributed by atoms with E-state index >= 15 is 0 Å². The summed E-state index contributed by atoms with van der Waals surface area (Å²) in [6, 6.07) is 7.47. The fourth-order valence-corrected chi connectivity index (χ4v) is 4.50. The van der Waals surface area contributed by atoms with Gasteiger partial charge in [0.25, 0.3) is 11.5 Å². The minimum atomic E-state index is -0.362. The number of aromatic nitrogens is 2. The van der Waals surface area contributed by atoms with E-state index in [1.807, 2.05) is 23.6 Å². The lowest BCUT2D eigenvalue weighted by Crippen LogP contribution is -2.39. The van der Waals surface area contributed by atoms with E-state index in [-0.39, 0.29) is 23.1 Å². The minimum Gasteiger partial charge on any atom is -0.349 e. The van der Waals surface area contributed by atoms with Crippen molar-refractivity contribution in [1.82, 2.24) is 14.7 Å². The third-order valence-electron chi connectivity index (χ3n) is 4.78. The summed E-state index contributed by atoms with van der Waals surface area (Å²) < 4.78 is 1.47. The molecule has 4 rings (SSSR count). The van der Waals surface area contributed by atoms with Gasteiger partial charge in [-0.05, 0) is 18.9 Å². The zero-order valence-corrected chi connectivity index (χ0v) is 15.6. The minimum absolute atomic E-state index is 0.0692. The normalized spacial score (nSPS) is 15.3. The first-order valence-corrected chi connectivity index (χ1v) is 9.96. The predicted molar refractivity (Wildman–Crippen MR) is 104 cm³/mol. The highest BCUT2D eigenvalue weighted by atomic mass is 35.5. The number of halogens is 1. The molecule has 1 amide bonds. The van der Waals surface area contributed by atoms with Crippen molar-refractivity contribution in [2.24, 2.45) is 0 Å². The van der Waals surface area contributed by atoms with Gasteiger partial charge in [-0.25, -0.2) is 4.98 Å². The number of benzene rings is 1. The molecule has 1 fully saturated rings. The molecule has 5 nitrogen and oxygen atoms in total. The molecule has 3 aromatic rings. The SMILES string of the molecule is O=C(NC1CCCCC1)c1cnc2scc(-c3ccccc3Cl)n2c1=O. The first kappa shape index (κ1) is 17.2. The molecule has 0 unspecified atom stereocenters. The van der Waals surface area contributed by atoms with Crippen LogP contribution >= 0.6 is 22.9 Å². The van der Waals surface area contributed by atoms with Crippen LogP contribution in [0.4, 0.5) is 0 Å². The zero-order valence-electron chi connectivity index (χ0n) is 14.1. The summed E-state index contributed by atoms with van der Waals surface area (Å²) in [5.41, 5.74) is 1.11. The fraction of sp³-hybridized carbons (Fsp3) is 0.316. The van der Waals surface area contributed by atoms with E-state index in [1.54, 1.807) is 6.07 Å². The molecule has 2 heterocycles. The molecule has 1 aliphatic carbocycles. The molecule has 2 aromatic heterocycles. The Morgan fingerprint density at radius 1 is 1.23 bits per heavy atom. The van der Waals surface area contributed by atoms with Crippen LogP contribution in [0.25, 0.3) is 16.2 Å². The Bertz CT molecular complexity index is 1020. The maximum Gasteiger partial charge on any atom is 0.271 e. The maximum absolute atomic E-state index is 13.0. The van der Waals surface area contributed by atoms with Gasteiger partial charge in [0.1, 0.15) is 5.56 Å². The van der Waals surface area contributed by atoms with Crippen LogP contribution in [-0.2, 0) is 0 Å². The van der Waals surface area contributed by atoms with Gasteiger partial charge in [-0.1, -0.05) is 49.1 Å². The van der Waals surface area contributed by atoms with E-state index in [2.05, 4.69) is 10.3 Å². The van der Waals surface area contributed by atoms with Crippen molar-refractivity contribution < 1.29 is 4.79 Å². The van der Waals surface area contributed by atoms with Gasteiger partial charge in [0.15, 0.2) is 4.96 Å². The second kappa shape index (κ2) is 7.21. The number of nitrogens with one attached hydrogen (secondary N) is 1. The molecule has 1 saturated carbocycles. The van der Waals surface area contributed by atoms with Crippen molar-refractivity contribution in [3.05, 3.63) is 56.8 Å². The molecule has 26 heavy (non-hydrogen) atoms. The van der Waals surface area contributed by atoms with Crippen molar-refractivity contribution in [3.8, 4) is 11.3 Å². The summed E-state index contributed by atoms with van der Waals surface area (Å²) in [6.07, 6.45) is 6.74. The highest BCUT2D eigenvalue weighted by molar-refractivity contribution is 7.15. The fourth-order valence-electron chi connectivity index (χ4n) is 3.42. The largest absolute Gasteiger partial charge is 0.349 e. The lowest BCUT2D eigenvalue weighted by molar-refractivity contribution is 0.0925. The molecule has 134 valence electrons. The van der Waals surface area contributed by atoms with E-state index in [9.17, 15) is 9.59 Å². The molecular formula is C19H18ClN3O2S. The van der Waals surface area contributed by atoms with E-state index in [4.69, 9.17) is 11.6 Å². The molecule has 0 atom stereocenters. The van der Waals surface area contributed by atoms with Gasteiger partial charge >= 0.3 is 0 Å². The van der Waals surface area contributed by atoms with Crippen LogP contribution in [0.1, 0.15) is 42.5 Å². The molecular weight excluding hydrogens is 370 g/mol. The third kappa shape index (κ3) is 3.15. The Morgan fingerprint density at radius 2 is 2.00 bits per heavy atom. The monoisotopic (exact) mass is 387 g/mol. The van der Waals surface area contributed by atoms with Gasteiger partial charge in [0, 0.05) is 28.2 Å². The molecule has 0 saturated heterocycles. The van der Waals surface area contributed by atoms with E-state index in [0.717, 1.165) is 31.2 Å². The smallest absolute Gasteiger partial charge is 0.271 e. The maximum atomic E-state index is 13.0. The number of fused-ring (bicyclic) bond motifs is 1. The van der Waals surface area contributed by atoms with Crippen LogP contribution in [-0.4, -0.2) is 21.3 Å². The van der Waals surface area contributed by atoms with Crippen LogP contribution < -0.4 is 10.9 Å². The summed E-state index contributed by atoms with van der Waals surface area (Å²) in [7, 11) is 0. The number of carbonyl (C=O) groups is 1. The molecule has 1 N–H and O–H groups in total. The van der Waals surface area contributed by atoms with E-state index < -0.39 is 0 Å². The Morgan fingerprint density at radius 3 is 2.77 bits per heavy atom. The second-order valence-electron chi connectivity index (χ2n) is 6.50. The zero-order chi connectivity index (χ0) is 18.1. The van der Waals surface area contributed by atoms with Crippen molar-refractivity contribution in [2.45, 2.75) is 38.1 Å². The number of thiazole rings is 1. The average molecular weight is 388 g/mol. The van der Waals surface area contributed by atoms with Crippen LogP contribution in [0, 0.1) is 0 Å². The van der Waals surface area contributed by atoms with Gasteiger partial charge in [-0.2, -0.15) is 0 Å². The number of rotatable bonds is 3. The lowest BCUT2D eigenvalue weighted by Gasteiger charge is -2.22. The van der Waals surface area contributed by atoms with E-state index in [0.29, 0.717) is 15.7 Å². The molecule has 7 heteroatoms. The number of amides is 1. The Hall–Kier alpha value is -2.18. The van der Waals surface area contributed by atoms with Crippen LogP contribution in [0.15, 0.2) is 40.6 Å². The Balaban J connectivity index is 1.75.